The van der Waals surface area contributed by atoms with Crippen LogP contribution in [0.4, 0.5) is 0 Å². The SMILES string of the molecule is CCCc1nc2ccccc2n1Cc1ccc(Cl)s1. The molecule has 4 heteroatoms. The lowest BCUT2D eigenvalue weighted by molar-refractivity contribution is 0.728. The minimum absolute atomic E-state index is 0.844. The average molecular weight is 291 g/mol. The number of halogens is 1. The predicted octanol–water partition coefficient (Wildman–Crippen LogP) is 4.75. The molecular weight excluding hydrogens is 276 g/mol. The first-order valence-electron chi connectivity index (χ1n) is 6.46. The lowest BCUT2D eigenvalue weighted by Crippen LogP contribution is -2.03. The van der Waals surface area contributed by atoms with Gasteiger partial charge in [-0.05, 0) is 30.7 Å². The maximum atomic E-state index is 6.01. The van der Waals surface area contributed by atoms with Crippen LogP contribution >= 0.6 is 22.9 Å². The second-order valence-electron chi connectivity index (χ2n) is 4.56. The van der Waals surface area contributed by atoms with Crippen molar-refractivity contribution in [3.63, 3.8) is 0 Å². The molecule has 0 aliphatic rings. The molecule has 2 heterocycles. The first kappa shape index (κ1) is 12.7. The fraction of sp³-hybridized carbons (Fsp3) is 0.267. The number of hydrogen-bond donors (Lipinski definition) is 0. The van der Waals surface area contributed by atoms with Crippen molar-refractivity contribution in [3.8, 4) is 0 Å². The van der Waals surface area contributed by atoms with Crippen molar-refractivity contribution < 1.29 is 0 Å². The zero-order valence-corrected chi connectivity index (χ0v) is 12.3. The quantitative estimate of drug-likeness (QED) is 0.678. The van der Waals surface area contributed by atoms with Gasteiger partial charge in [-0.25, -0.2) is 4.98 Å². The second kappa shape index (κ2) is 5.35. The van der Waals surface area contributed by atoms with Crippen molar-refractivity contribution in [2.45, 2.75) is 26.3 Å². The number of aromatic nitrogens is 2. The van der Waals surface area contributed by atoms with E-state index in [9.17, 15) is 0 Å². The van der Waals surface area contributed by atoms with Crippen molar-refractivity contribution in [2.24, 2.45) is 0 Å². The van der Waals surface area contributed by atoms with Crippen LogP contribution in [0.15, 0.2) is 36.4 Å². The minimum Gasteiger partial charge on any atom is -0.323 e. The summed E-state index contributed by atoms with van der Waals surface area (Å²) in [6.45, 7) is 3.04. The predicted molar refractivity (Wildman–Crippen MR) is 82.2 cm³/mol. The van der Waals surface area contributed by atoms with Gasteiger partial charge < -0.3 is 4.57 Å². The summed E-state index contributed by atoms with van der Waals surface area (Å²) < 4.78 is 3.15. The zero-order valence-electron chi connectivity index (χ0n) is 10.8. The van der Waals surface area contributed by atoms with E-state index in [1.54, 1.807) is 11.3 Å². The van der Waals surface area contributed by atoms with Crippen LogP contribution in [-0.4, -0.2) is 9.55 Å². The highest BCUT2D eigenvalue weighted by Gasteiger charge is 2.10. The van der Waals surface area contributed by atoms with Gasteiger partial charge >= 0.3 is 0 Å². The number of nitrogens with zero attached hydrogens (tertiary/aromatic N) is 2. The Kier molecular flexibility index (Phi) is 3.58. The summed E-state index contributed by atoms with van der Waals surface area (Å²) in [5, 5.41) is 0. The molecule has 3 rings (SSSR count). The molecule has 0 aliphatic heterocycles. The third-order valence-electron chi connectivity index (χ3n) is 3.15. The maximum absolute atomic E-state index is 6.01. The second-order valence-corrected chi connectivity index (χ2v) is 6.36. The van der Waals surface area contributed by atoms with Gasteiger partial charge in [0.1, 0.15) is 5.82 Å². The number of fused-ring (bicyclic) bond motifs is 1. The number of rotatable bonds is 4. The van der Waals surface area contributed by atoms with E-state index in [1.165, 1.54) is 10.4 Å². The number of thiophene rings is 1. The standard InChI is InChI=1S/C15H15ClN2S/c1-2-5-15-17-12-6-3-4-7-13(12)18(15)10-11-8-9-14(16)19-11/h3-4,6-9H,2,5,10H2,1H3. The van der Waals surface area contributed by atoms with Gasteiger partial charge in [0.05, 0.1) is 21.9 Å². The molecule has 0 saturated carbocycles. The first-order valence-corrected chi connectivity index (χ1v) is 7.65. The molecule has 0 bridgehead atoms. The molecule has 0 unspecified atom stereocenters. The van der Waals surface area contributed by atoms with Gasteiger partial charge in [0.25, 0.3) is 0 Å². The molecule has 19 heavy (non-hydrogen) atoms. The maximum Gasteiger partial charge on any atom is 0.110 e. The Morgan fingerprint density at radius 3 is 2.79 bits per heavy atom. The molecular formula is C15H15ClN2S. The van der Waals surface area contributed by atoms with E-state index in [4.69, 9.17) is 16.6 Å². The lowest BCUT2D eigenvalue weighted by Gasteiger charge is -2.07. The number of para-hydroxylation sites is 2. The Labute approximate surface area is 121 Å². The molecule has 98 valence electrons. The lowest BCUT2D eigenvalue weighted by atomic mass is 10.3. The molecule has 0 N–H and O–H groups in total. The molecule has 0 amide bonds. The average Bonchev–Trinajstić information content (AvgIpc) is 2.96. The van der Waals surface area contributed by atoms with Gasteiger partial charge in [0, 0.05) is 11.3 Å². The largest absolute Gasteiger partial charge is 0.323 e. The van der Waals surface area contributed by atoms with E-state index in [2.05, 4.69) is 35.8 Å². The van der Waals surface area contributed by atoms with Crippen LogP contribution < -0.4 is 0 Å². The van der Waals surface area contributed by atoms with Crippen molar-refractivity contribution in [3.05, 3.63) is 51.4 Å². The van der Waals surface area contributed by atoms with Gasteiger partial charge in [0.2, 0.25) is 0 Å². The molecule has 3 aromatic rings. The Bertz CT molecular complexity index is 699. The molecule has 0 fully saturated rings. The van der Waals surface area contributed by atoms with Crippen LogP contribution in [0.1, 0.15) is 24.0 Å². The van der Waals surface area contributed by atoms with Crippen molar-refractivity contribution in [1.82, 2.24) is 9.55 Å². The third kappa shape index (κ3) is 2.53. The highest BCUT2D eigenvalue weighted by molar-refractivity contribution is 7.16. The van der Waals surface area contributed by atoms with Crippen LogP contribution in [0.5, 0.6) is 0 Å². The smallest absolute Gasteiger partial charge is 0.110 e. The van der Waals surface area contributed by atoms with Crippen LogP contribution in [0.2, 0.25) is 4.34 Å². The zero-order chi connectivity index (χ0) is 13.2. The molecule has 1 aromatic carbocycles. The van der Waals surface area contributed by atoms with E-state index >= 15 is 0 Å². The molecule has 2 nitrogen and oxygen atoms in total. The van der Waals surface area contributed by atoms with E-state index in [0.717, 1.165) is 35.1 Å². The molecule has 0 spiro atoms. The fourth-order valence-electron chi connectivity index (χ4n) is 2.31. The molecule has 0 saturated heterocycles. The van der Waals surface area contributed by atoms with Gasteiger partial charge in [-0.2, -0.15) is 0 Å². The summed E-state index contributed by atoms with van der Waals surface area (Å²) in [7, 11) is 0. The highest BCUT2D eigenvalue weighted by atomic mass is 35.5. The summed E-state index contributed by atoms with van der Waals surface area (Å²) in [6.07, 6.45) is 2.11. The van der Waals surface area contributed by atoms with Crippen LogP contribution in [0, 0.1) is 0 Å². The third-order valence-corrected chi connectivity index (χ3v) is 4.37. The van der Waals surface area contributed by atoms with Gasteiger partial charge in [-0.1, -0.05) is 30.7 Å². The van der Waals surface area contributed by atoms with Crippen molar-refractivity contribution >= 4 is 34.0 Å². The van der Waals surface area contributed by atoms with Crippen molar-refractivity contribution in [1.29, 1.82) is 0 Å². The summed E-state index contributed by atoms with van der Waals surface area (Å²) in [4.78, 5) is 6.01. The monoisotopic (exact) mass is 290 g/mol. The summed E-state index contributed by atoms with van der Waals surface area (Å²) in [5.41, 5.74) is 2.28. The minimum atomic E-state index is 0.844. The van der Waals surface area contributed by atoms with Crippen LogP contribution in [-0.2, 0) is 13.0 Å². The van der Waals surface area contributed by atoms with E-state index in [0.29, 0.717) is 0 Å². The van der Waals surface area contributed by atoms with Gasteiger partial charge in [0.15, 0.2) is 0 Å². The van der Waals surface area contributed by atoms with E-state index in [1.807, 2.05) is 12.1 Å². The Hall–Kier alpha value is -1.32. The van der Waals surface area contributed by atoms with Crippen LogP contribution in [0.3, 0.4) is 0 Å². The summed E-state index contributed by atoms with van der Waals surface area (Å²) in [6, 6.07) is 12.4. The Morgan fingerprint density at radius 2 is 2.05 bits per heavy atom. The van der Waals surface area contributed by atoms with Gasteiger partial charge in [-0.15, -0.1) is 11.3 Å². The number of aryl methyl sites for hydroxylation is 1. The van der Waals surface area contributed by atoms with E-state index in [-0.39, 0.29) is 0 Å². The Balaban J connectivity index is 2.06. The number of benzene rings is 1. The highest BCUT2D eigenvalue weighted by Crippen LogP contribution is 2.25. The van der Waals surface area contributed by atoms with Gasteiger partial charge in [-0.3, -0.25) is 0 Å². The number of hydrogen-bond acceptors (Lipinski definition) is 2. The normalized spacial score (nSPS) is 11.3. The molecule has 0 radical (unpaired) electrons. The fourth-order valence-corrected chi connectivity index (χ4v) is 3.39. The molecule has 2 aromatic heterocycles. The molecule has 0 atom stereocenters. The Morgan fingerprint density at radius 1 is 1.21 bits per heavy atom. The summed E-state index contributed by atoms with van der Waals surface area (Å²) >= 11 is 7.65. The topological polar surface area (TPSA) is 17.8 Å². The molecule has 0 aliphatic carbocycles. The number of imidazole rings is 1. The van der Waals surface area contributed by atoms with Crippen LogP contribution in [0.25, 0.3) is 11.0 Å². The van der Waals surface area contributed by atoms with E-state index < -0.39 is 0 Å². The van der Waals surface area contributed by atoms with Crippen molar-refractivity contribution in [2.75, 3.05) is 0 Å². The first-order chi connectivity index (χ1) is 9.28. The summed E-state index contributed by atoms with van der Waals surface area (Å²) in [5.74, 6) is 1.16.